The largest absolute Gasteiger partial charge is 0.306 e. The van der Waals surface area contributed by atoms with Gasteiger partial charge in [0.25, 0.3) is 0 Å². The maximum atomic E-state index is 2.47. The minimum Gasteiger partial charge on any atom is -0.306 e. The van der Waals surface area contributed by atoms with E-state index in [9.17, 15) is 0 Å². The maximum absolute atomic E-state index is 2.47. The van der Waals surface area contributed by atoms with Gasteiger partial charge in [0.05, 0.1) is 0 Å². The lowest BCUT2D eigenvalue weighted by Crippen LogP contribution is -2.52. The van der Waals surface area contributed by atoms with Crippen LogP contribution >= 0.6 is 0 Å². The summed E-state index contributed by atoms with van der Waals surface area (Å²) in [5.74, 6) is 0. The normalized spacial score (nSPS) is 23.9. The van der Waals surface area contributed by atoms with E-state index in [2.05, 4.69) is 95.0 Å². The Morgan fingerprint density at radius 3 is 0.966 bits per heavy atom. The number of hydrogen-bond donors (Lipinski definition) is 0. The van der Waals surface area contributed by atoms with E-state index in [1.165, 1.54) is 58.0 Å². The zero-order chi connectivity index (χ0) is 22.9. The zero-order valence-corrected chi connectivity index (χ0v) is 22.8. The lowest BCUT2D eigenvalue weighted by atomic mass is 9.49. The molecule has 0 aromatic carbocycles. The van der Waals surface area contributed by atoms with Crippen molar-refractivity contribution in [3.63, 3.8) is 0 Å². The van der Waals surface area contributed by atoms with Gasteiger partial charge in [0.2, 0.25) is 0 Å². The number of nitrogens with zero attached hydrogens (tertiary/aromatic N) is 1. The SMILES string of the molecule is CC(C)(C)C1(C(C)(C)C)CCCCC1.CN1CCC(C(C)(C)C)(C(C)(C)C)CC1. The molecule has 1 aliphatic heterocycles. The molecule has 0 radical (unpaired) electrons. The summed E-state index contributed by atoms with van der Waals surface area (Å²) >= 11 is 0. The minimum absolute atomic E-state index is 0.409. The van der Waals surface area contributed by atoms with Gasteiger partial charge in [0.15, 0.2) is 0 Å². The second kappa shape index (κ2) is 8.84. The summed E-state index contributed by atoms with van der Waals surface area (Å²) in [7, 11) is 2.25. The molecule has 0 N–H and O–H groups in total. The van der Waals surface area contributed by atoms with Crippen LogP contribution in [0.4, 0.5) is 0 Å². The van der Waals surface area contributed by atoms with Crippen molar-refractivity contribution in [1.29, 1.82) is 0 Å². The Labute approximate surface area is 185 Å². The standard InChI is InChI=1S/C14H29N.C14H28/c1-12(2,3)14(13(4,5)6)8-10-15(7)11-9-14;1-12(2,3)14(13(4,5)6)10-8-7-9-11-14/h8-11H2,1-7H3;7-11H2,1-6H3. The fourth-order valence-electron chi connectivity index (χ4n) is 7.41. The van der Waals surface area contributed by atoms with Crippen LogP contribution in [-0.4, -0.2) is 25.0 Å². The van der Waals surface area contributed by atoms with Crippen molar-refractivity contribution in [3.8, 4) is 0 Å². The van der Waals surface area contributed by atoms with E-state index >= 15 is 0 Å². The van der Waals surface area contributed by atoms with Gasteiger partial charge in [0, 0.05) is 0 Å². The van der Waals surface area contributed by atoms with E-state index in [1.807, 2.05) is 0 Å². The van der Waals surface area contributed by atoms with Crippen molar-refractivity contribution in [3.05, 3.63) is 0 Å². The van der Waals surface area contributed by atoms with E-state index in [1.54, 1.807) is 0 Å². The highest BCUT2D eigenvalue weighted by molar-refractivity contribution is 5.01. The molecule has 2 fully saturated rings. The first-order valence-corrected chi connectivity index (χ1v) is 12.5. The summed E-state index contributed by atoms with van der Waals surface area (Å²) in [6.45, 7) is 31.6. The fraction of sp³-hybridized carbons (Fsp3) is 1.00. The third-order valence-electron chi connectivity index (χ3n) is 9.29. The molecule has 1 heterocycles. The van der Waals surface area contributed by atoms with Crippen LogP contribution in [0.3, 0.4) is 0 Å². The van der Waals surface area contributed by atoms with Crippen LogP contribution in [-0.2, 0) is 0 Å². The van der Waals surface area contributed by atoms with Crippen LogP contribution in [0, 0.1) is 32.5 Å². The number of hydrogen-bond acceptors (Lipinski definition) is 1. The van der Waals surface area contributed by atoms with Crippen LogP contribution in [0.15, 0.2) is 0 Å². The van der Waals surface area contributed by atoms with E-state index in [0.717, 1.165) is 0 Å². The van der Waals surface area contributed by atoms with Gasteiger partial charge in [-0.2, -0.15) is 0 Å². The third kappa shape index (κ3) is 5.61. The molecule has 0 spiro atoms. The summed E-state index contributed by atoms with van der Waals surface area (Å²) in [6.07, 6.45) is 9.88. The van der Waals surface area contributed by atoms with Crippen LogP contribution in [0.5, 0.6) is 0 Å². The Balaban J connectivity index is 0.000000291. The molecule has 0 unspecified atom stereocenters. The first-order chi connectivity index (χ1) is 12.8. The lowest BCUT2D eigenvalue weighted by Gasteiger charge is -2.57. The van der Waals surface area contributed by atoms with Gasteiger partial charge in [-0.25, -0.2) is 0 Å². The second-order valence-corrected chi connectivity index (χ2v) is 14.5. The van der Waals surface area contributed by atoms with E-state index < -0.39 is 0 Å². The molecule has 1 saturated heterocycles. The van der Waals surface area contributed by atoms with Gasteiger partial charge in [-0.3, -0.25) is 0 Å². The highest BCUT2D eigenvalue weighted by Crippen LogP contribution is 2.59. The molecule has 29 heavy (non-hydrogen) atoms. The van der Waals surface area contributed by atoms with Gasteiger partial charge in [-0.15, -0.1) is 0 Å². The van der Waals surface area contributed by atoms with Crippen molar-refractivity contribution in [1.82, 2.24) is 4.90 Å². The number of piperidine rings is 1. The maximum Gasteiger partial charge on any atom is -0.00161 e. The molecule has 0 aromatic heterocycles. The van der Waals surface area contributed by atoms with Crippen LogP contribution in [0.2, 0.25) is 0 Å². The van der Waals surface area contributed by atoms with E-state index in [-0.39, 0.29) is 0 Å². The Hall–Kier alpha value is -0.0400. The van der Waals surface area contributed by atoms with Gasteiger partial charge < -0.3 is 4.90 Å². The second-order valence-electron chi connectivity index (χ2n) is 14.5. The van der Waals surface area contributed by atoms with Crippen LogP contribution in [0.1, 0.15) is 128 Å². The molecular weight excluding hydrogens is 350 g/mol. The highest BCUT2D eigenvalue weighted by atomic mass is 15.1. The molecule has 1 saturated carbocycles. The fourth-order valence-corrected chi connectivity index (χ4v) is 7.41. The first-order valence-electron chi connectivity index (χ1n) is 12.5. The van der Waals surface area contributed by atoms with Crippen LogP contribution in [0.25, 0.3) is 0 Å². The Morgan fingerprint density at radius 2 is 0.724 bits per heavy atom. The van der Waals surface area contributed by atoms with Crippen molar-refractivity contribution >= 4 is 0 Å². The topological polar surface area (TPSA) is 3.24 Å². The predicted octanol–water partition coefficient (Wildman–Crippen LogP) is 8.82. The quantitative estimate of drug-likeness (QED) is 0.387. The van der Waals surface area contributed by atoms with Gasteiger partial charge in [-0.05, 0) is 78.3 Å². The van der Waals surface area contributed by atoms with E-state index in [4.69, 9.17) is 0 Å². The smallest absolute Gasteiger partial charge is 0.00161 e. The molecule has 0 bridgehead atoms. The molecule has 1 aliphatic carbocycles. The summed E-state index contributed by atoms with van der Waals surface area (Å²) in [4.78, 5) is 2.47. The number of likely N-dealkylation sites (tertiary alicyclic amines) is 1. The average Bonchev–Trinajstić information content (AvgIpc) is 2.52. The summed E-state index contributed by atoms with van der Waals surface area (Å²) in [5.41, 5.74) is 2.76. The lowest BCUT2D eigenvalue weighted by molar-refractivity contribution is -0.0777. The summed E-state index contributed by atoms with van der Waals surface area (Å²) in [5, 5.41) is 0. The molecule has 0 aromatic rings. The van der Waals surface area contributed by atoms with Crippen molar-refractivity contribution in [2.24, 2.45) is 32.5 Å². The summed E-state index contributed by atoms with van der Waals surface area (Å²) < 4.78 is 0. The molecule has 1 heteroatoms. The Morgan fingerprint density at radius 1 is 0.448 bits per heavy atom. The molecular formula is C28H57N. The van der Waals surface area contributed by atoms with Gasteiger partial charge in [0.1, 0.15) is 0 Å². The molecule has 2 rings (SSSR count). The predicted molar refractivity (Wildman–Crippen MR) is 133 cm³/mol. The first kappa shape index (κ1) is 27.0. The Kier molecular flexibility index (Phi) is 8.22. The Bertz CT molecular complexity index is 454. The number of rotatable bonds is 0. The molecule has 174 valence electrons. The van der Waals surface area contributed by atoms with Gasteiger partial charge >= 0.3 is 0 Å². The third-order valence-corrected chi connectivity index (χ3v) is 9.29. The van der Waals surface area contributed by atoms with Crippen molar-refractivity contribution < 1.29 is 0 Å². The van der Waals surface area contributed by atoms with E-state index in [0.29, 0.717) is 32.5 Å². The average molecular weight is 408 g/mol. The monoisotopic (exact) mass is 407 g/mol. The molecule has 0 amide bonds. The van der Waals surface area contributed by atoms with Crippen molar-refractivity contribution in [2.75, 3.05) is 20.1 Å². The zero-order valence-electron chi connectivity index (χ0n) is 22.8. The minimum atomic E-state index is 0.409. The van der Waals surface area contributed by atoms with Crippen molar-refractivity contribution in [2.45, 2.75) is 128 Å². The molecule has 2 aliphatic rings. The molecule has 0 atom stereocenters. The van der Waals surface area contributed by atoms with Gasteiger partial charge in [-0.1, -0.05) is 102 Å². The summed E-state index contributed by atoms with van der Waals surface area (Å²) in [6, 6.07) is 0. The highest BCUT2D eigenvalue weighted by Gasteiger charge is 2.51. The molecule has 1 nitrogen and oxygen atoms in total. The van der Waals surface area contributed by atoms with Crippen LogP contribution < -0.4 is 0 Å².